The van der Waals surface area contributed by atoms with Gasteiger partial charge >= 0.3 is 0 Å². The molecular formula is C11H12ClFN4O2. The molecule has 1 aliphatic heterocycles. The predicted octanol–water partition coefficient (Wildman–Crippen LogP) is 1.55. The fraction of sp³-hybridized carbons (Fsp3) is 0.364. The Kier molecular flexibility index (Phi) is 4.16. The lowest BCUT2D eigenvalue weighted by molar-refractivity contribution is -0.404. The van der Waals surface area contributed by atoms with E-state index in [4.69, 9.17) is 11.6 Å². The summed E-state index contributed by atoms with van der Waals surface area (Å²) < 4.78 is 12.9. The van der Waals surface area contributed by atoms with E-state index in [0.717, 1.165) is 11.8 Å². The molecule has 102 valence electrons. The first-order valence-corrected chi connectivity index (χ1v) is 6.00. The third kappa shape index (κ3) is 3.31. The van der Waals surface area contributed by atoms with Crippen LogP contribution in [0.1, 0.15) is 5.56 Å². The molecule has 1 aromatic rings. The molecule has 0 saturated carbocycles. The van der Waals surface area contributed by atoms with Crippen molar-refractivity contribution in [2.24, 2.45) is 0 Å². The fourth-order valence-corrected chi connectivity index (χ4v) is 2.01. The molecule has 0 aromatic carbocycles. The van der Waals surface area contributed by atoms with Crippen LogP contribution in [0.4, 0.5) is 4.39 Å². The lowest BCUT2D eigenvalue weighted by Crippen LogP contribution is -2.31. The van der Waals surface area contributed by atoms with Gasteiger partial charge in [-0.15, -0.1) is 0 Å². The zero-order valence-corrected chi connectivity index (χ0v) is 10.7. The van der Waals surface area contributed by atoms with Crippen LogP contribution in [0.15, 0.2) is 30.4 Å². The van der Waals surface area contributed by atoms with E-state index in [2.05, 4.69) is 10.3 Å². The van der Waals surface area contributed by atoms with Crippen molar-refractivity contribution in [2.75, 3.05) is 13.2 Å². The summed E-state index contributed by atoms with van der Waals surface area (Å²) in [5, 5.41) is 13.7. The van der Waals surface area contributed by atoms with Gasteiger partial charge in [-0.05, 0) is 11.6 Å². The number of nitrogens with one attached hydrogen (secondary N) is 1. The number of hydrogen-bond acceptors (Lipinski definition) is 5. The first-order valence-electron chi connectivity index (χ1n) is 5.62. The average molecular weight is 287 g/mol. The molecule has 0 amide bonds. The van der Waals surface area contributed by atoms with Gasteiger partial charge in [0.1, 0.15) is 11.8 Å². The molecule has 6 nitrogen and oxygen atoms in total. The van der Waals surface area contributed by atoms with Gasteiger partial charge in [-0.25, -0.2) is 9.37 Å². The molecule has 19 heavy (non-hydrogen) atoms. The molecule has 0 bridgehead atoms. The van der Waals surface area contributed by atoms with Crippen LogP contribution in [-0.4, -0.2) is 34.1 Å². The van der Waals surface area contributed by atoms with Crippen LogP contribution < -0.4 is 5.32 Å². The van der Waals surface area contributed by atoms with Crippen LogP contribution in [0.3, 0.4) is 0 Å². The first kappa shape index (κ1) is 13.5. The van der Waals surface area contributed by atoms with E-state index in [1.54, 1.807) is 23.2 Å². The lowest BCUT2D eigenvalue weighted by atomic mass is 10.2. The van der Waals surface area contributed by atoms with Gasteiger partial charge in [0.25, 0.3) is 6.20 Å². The maximum Gasteiger partial charge on any atom is 0.274 e. The SMILES string of the molecule is O=[N+]([O-])/C=C1/NC[C@@H](CF)N1Cc1ccc(Cl)nc1. The molecule has 0 spiro atoms. The smallest absolute Gasteiger partial charge is 0.274 e. The van der Waals surface area contributed by atoms with Gasteiger partial charge in [0, 0.05) is 19.3 Å². The van der Waals surface area contributed by atoms with Gasteiger partial charge < -0.3 is 10.2 Å². The van der Waals surface area contributed by atoms with Gasteiger partial charge in [-0.1, -0.05) is 17.7 Å². The minimum absolute atomic E-state index is 0.308. The Morgan fingerprint density at radius 1 is 1.68 bits per heavy atom. The van der Waals surface area contributed by atoms with E-state index < -0.39 is 17.6 Å². The van der Waals surface area contributed by atoms with E-state index in [0.29, 0.717) is 24.1 Å². The van der Waals surface area contributed by atoms with Crippen molar-refractivity contribution in [3.8, 4) is 0 Å². The van der Waals surface area contributed by atoms with Crippen molar-refractivity contribution in [2.45, 2.75) is 12.6 Å². The third-order valence-corrected chi connectivity index (χ3v) is 3.04. The molecule has 2 heterocycles. The lowest BCUT2D eigenvalue weighted by Gasteiger charge is -2.22. The van der Waals surface area contributed by atoms with Gasteiger partial charge in [-0.2, -0.15) is 0 Å². The number of nitrogens with zero attached hydrogens (tertiary/aromatic N) is 3. The number of pyridine rings is 1. The second-order valence-corrected chi connectivity index (χ2v) is 4.49. The summed E-state index contributed by atoms with van der Waals surface area (Å²) in [6, 6.07) is 2.97. The van der Waals surface area contributed by atoms with E-state index in [-0.39, 0.29) is 0 Å². The molecule has 0 aliphatic carbocycles. The number of nitro groups is 1. The average Bonchev–Trinajstić information content (AvgIpc) is 2.74. The molecule has 1 fully saturated rings. The van der Waals surface area contributed by atoms with Gasteiger partial charge in [-0.3, -0.25) is 10.1 Å². The van der Waals surface area contributed by atoms with Crippen LogP contribution in [-0.2, 0) is 6.54 Å². The van der Waals surface area contributed by atoms with Crippen molar-refractivity contribution in [1.82, 2.24) is 15.2 Å². The monoisotopic (exact) mass is 286 g/mol. The number of aromatic nitrogens is 1. The normalized spacial score (nSPS) is 20.6. The standard InChI is InChI=1S/C11H12ClFN4O2/c12-10-2-1-8(4-14-10)6-16-9(3-13)5-15-11(16)7-17(18)19/h1-2,4,7,9,15H,3,5-6H2/b11-7-/t9-/m1/s1. The van der Waals surface area contributed by atoms with Gasteiger partial charge in [0.15, 0.2) is 5.82 Å². The fourth-order valence-electron chi connectivity index (χ4n) is 1.90. The Hall–Kier alpha value is -1.89. The predicted molar refractivity (Wildman–Crippen MR) is 67.6 cm³/mol. The topological polar surface area (TPSA) is 71.3 Å². The summed E-state index contributed by atoms with van der Waals surface area (Å²) >= 11 is 5.68. The van der Waals surface area contributed by atoms with Crippen molar-refractivity contribution >= 4 is 11.6 Å². The second kappa shape index (κ2) is 5.83. The number of hydrogen-bond donors (Lipinski definition) is 1. The molecule has 1 N–H and O–H groups in total. The number of rotatable bonds is 4. The van der Waals surface area contributed by atoms with Crippen LogP contribution in [0.25, 0.3) is 0 Å². The molecule has 1 atom stereocenters. The largest absolute Gasteiger partial charge is 0.364 e. The number of halogens is 2. The molecule has 0 radical (unpaired) electrons. The summed E-state index contributed by atoms with van der Waals surface area (Å²) in [6.45, 7) is 0.103. The molecule has 8 heteroatoms. The van der Waals surface area contributed by atoms with Crippen molar-refractivity contribution in [1.29, 1.82) is 0 Å². The molecular weight excluding hydrogens is 275 g/mol. The van der Waals surface area contributed by atoms with E-state index in [1.165, 1.54) is 0 Å². The molecule has 1 aromatic heterocycles. The summed E-state index contributed by atoms with van der Waals surface area (Å²) in [5.74, 6) is 0.308. The highest BCUT2D eigenvalue weighted by Gasteiger charge is 2.29. The van der Waals surface area contributed by atoms with Crippen LogP contribution in [0.2, 0.25) is 5.15 Å². The Morgan fingerprint density at radius 2 is 2.47 bits per heavy atom. The minimum atomic E-state index is -0.580. The second-order valence-electron chi connectivity index (χ2n) is 4.11. The molecule has 1 saturated heterocycles. The van der Waals surface area contributed by atoms with Gasteiger partial charge in [0.05, 0.1) is 11.0 Å². The molecule has 2 rings (SSSR count). The van der Waals surface area contributed by atoms with Crippen LogP contribution in [0.5, 0.6) is 0 Å². The Labute approximate surface area is 114 Å². The molecule has 1 aliphatic rings. The van der Waals surface area contributed by atoms with Crippen LogP contribution >= 0.6 is 11.6 Å². The minimum Gasteiger partial charge on any atom is -0.364 e. The molecule has 0 unspecified atom stereocenters. The summed E-state index contributed by atoms with van der Waals surface area (Å²) in [6.07, 6.45) is 2.42. The Bertz CT molecular complexity index is 494. The van der Waals surface area contributed by atoms with E-state index >= 15 is 0 Å². The number of alkyl halides is 1. The summed E-state index contributed by atoms with van der Waals surface area (Å²) in [7, 11) is 0. The van der Waals surface area contributed by atoms with Crippen molar-refractivity contribution in [3.63, 3.8) is 0 Å². The van der Waals surface area contributed by atoms with Crippen LogP contribution in [0, 0.1) is 10.1 Å². The Balaban J connectivity index is 2.18. The van der Waals surface area contributed by atoms with Crippen molar-refractivity contribution in [3.05, 3.63) is 51.2 Å². The Morgan fingerprint density at radius 3 is 3.05 bits per heavy atom. The maximum absolute atomic E-state index is 12.9. The zero-order valence-electron chi connectivity index (χ0n) is 9.92. The highest BCUT2D eigenvalue weighted by atomic mass is 35.5. The van der Waals surface area contributed by atoms with Crippen molar-refractivity contribution < 1.29 is 9.31 Å². The maximum atomic E-state index is 12.9. The quantitative estimate of drug-likeness (QED) is 0.517. The van der Waals surface area contributed by atoms with Gasteiger partial charge in [0.2, 0.25) is 0 Å². The highest BCUT2D eigenvalue weighted by molar-refractivity contribution is 6.29. The first-order chi connectivity index (χ1) is 9.10. The summed E-state index contributed by atoms with van der Waals surface area (Å²) in [5.41, 5.74) is 0.806. The van der Waals surface area contributed by atoms with E-state index in [1.807, 2.05) is 0 Å². The third-order valence-electron chi connectivity index (χ3n) is 2.82. The van der Waals surface area contributed by atoms with E-state index in [9.17, 15) is 14.5 Å². The summed E-state index contributed by atoms with van der Waals surface area (Å²) in [4.78, 5) is 15.5. The highest BCUT2D eigenvalue weighted by Crippen LogP contribution is 2.19. The zero-order chi connectivity index (χ0) is 13.8.